The number of halogens is 7. The molecule has 2 saturated carbocycles. The number of alkyl halides is 7. The van der Waals surface area contributed by atoms with Gasteiger partial charge in [0.15, 0.2) is 5.65 Å². The summed E-state index contributed by atoms with van der Waals surface area (Å²) in [6, 6.07) is 1.29. The Hall–Kier alpha value is -3.98. The highest BCUT2D eigenvalue weighted by molar-refractivity contribution is 5.94. The van der Waals surface area contributed by atoms with Crippen LogP contribution in [0.1, 0.15) is 85.1 Å². The van der Waals surface area contributed by atoms with Crippen LogP contribution in [0.5, 0.6) is 5.75 Å². The van der Waals surface area contributed by atoms with E-state index in [-0.39, 0.29) is 30.1 Å². The van der Waals surface area contributed by atoms with E-state index in [1.807, 2.05) is 0 Å². The molecule has 3 heterocycles. The van der Waals surface area contributed by atoms with Crippen molar-refractivity contribution in [3.63, 3.8) is 0 Å². The number of carbonyl (C=O) groups excluding carboxylic acids is 2. The molecule has 9 nitrogen and oxygen atoms in total. The molecule has 3 aromatic rings. The highest BCUT2D eigenvalue weighted by atomic mass is 19.4. The molecular formula is C28H29F7N6O3. The maximum Gasteiger partial charge on any atom is 0.389 e. The lowest BCUT2D eigenvalue weighted by Crippen LogP contribution is -2.37. The lowest BCUT2D eigenvalue weighted by molar-refractivity contribution is -0.144. The van der Waals surface area contributed by atoms with Crippen LogP contribution in [0, 0.1) is 11.8 Å². The standard InChI is InChI=1S/C28H29F7N6O3/c29-26(30)44-19-9-18(11-36-13-19)25(43)40-24(16-3-6-27(31,32)7-4-16)20-14-41-21(38-20)10-17(12-37-41)23(15-1-2-15)39-22(42)5-8-28(33,34)35/h9-16,23-24,26H,1-8H2,(H,39,42)(H,40,43)/t23?,24-/m0/s1. The summed E-state index contributed by atoms with van der Waals surface area (Å²) < 4.78 is 96.8. The molecule has 2 N–H and O–H groups in total. The molecule has 0 aromatic carbocycles. The van der Waals surface area contributed by atoms with Crippen LogP contribution in [0.25, 0.3) is 5.65 Å². The monoisotopic (exact) mass is 630 g/mol. The zero-order valence-electron chi connectivity index (χ0n) is 23.2. The number of aromatic nitrogens is 4. The van der Waals surface area contributed by atoms with Crippen molar-refractivity contribution >= 4 is 17.5 Å². The summed E-state index contributed by atoms with van der Waals surface area (Å²) in [4.78, 5) is 33.8. The Morgan fingerprint density at radius 2 is 1.70 bits per heavy atom. The first-order chi connectivity index (χ1) is 20.8. The van der Waals surface area contributed by atoms with Gasteiger partial charge in [0.1, 0.15) is 5.75 Å². The second-order valence-corrected chi connectivity index (χ2v) is 11.2. The highest BCUT2D eigenvalue weighted by Crippen LogP contribution is 2.43. The van der Waals surface area contributed by atoms with Gasteiger partial charge in [-0.1, -0.05) is 0 Å². The molecule has 2 atom stereocenters. The minimum absolute atomic E-state index is 0.0258. The van der Waals surface area contributed by atoms with E-state index in [2.05, 4.69) is 30.4 Å². The summed E-state index contributed by atoms with van der Waals surface area (Å²) in [6.45, 7) is -3.13. The SMILES string of the molecule is O=C(CCC(F)(F)F)NC(c1cnn2cc([C@@H](NC(=O)c3cncc(OC(F)F)c3)C3CCC(F)(F)CC3)nc2c1)C1CC1. The molecule has 238 valence electrons. The smallest absolute Gasteiger partial charge is 0.389 e. The minimum Gasteiger partial charge on any atom is -0.433 e. The molecule has 0 aliphatic heterocycles. The number of fused-ring (bicyclic) bond motifs is 1. The van der Waals surface area contributed by atoms with Crippen molar-refractivity contribution in [2.24, 2.45) is 11.8 Å². The summed E-state index contributed by atoms with van der Waals surface area (Å²) >= 11 is 0. The molecule has 0 bridgehead atoms. The predicted octanol–water partition coefficient (Wildman–Crippen LogP) is 5.93. The molecule has 0 radical (unpaired) electrons. The van der Waals surface area contributed by atoms with Gasteiger partial charge >= 0.3 is 12.8 Å². The average molecular weight is 631 g/mol. The lowest BCUT2D eigenvalue weighted by Gasteiger charge is -2.33. The molecule has 3 aromatic heterocycles. The number of amides is 2. The summed E-state index contributed by atoms with van der Waals surface area (Å²) in [6.07, 6.45) is -0.329. The predicted molar refractivity (Wildman–Crippen MR) is 140 cm³/mol. The topological polar surface area (TPSA) is 111 Å². The van der Waals surface area contributed by atoms with E-state index in [1.165, 1.54) is 16.9 Å². The number of nitrogens with one attached hydrogen (secondary N) is 2. The Kier molecular flexibility index (Phi) is 8.97. The number of nitrogens with zero attached hydrogens (tertiary/aromatic N) is 4. The van der Waals surface area contributed by atoms with Gasteiger partial charge in [0.2, 0.25) is 11.8 Å². The van der Waals surface area contributed by atoms with E-state index < -0.39 is 74.2 Å². The van der Waals surface area contributed by atoms with Crippen molar-refractivity contribution < 1.29 is 45.1 Å². The third-order valence-electron chi connectivity index (χ3n) is 7.80. The van der Waals surface area contributed by atoms with Crippen LogP contribution in [0.3, 0.4) is 0 Å². The number of carbonyl (C=O) groups is 2. The van der Waals surface area contributed by atoms with E-state index in [4.69, 9.17) is 0 Å². The Bertz CT molecular complexity index is 1480. The van der Waals surface area contributed by atoms with Gasteiger partial charge in [-0.3, -0.25) is 14.6 Å². The highest BCUT2D eigenvalue weighted by Gasteiger charge is 2.40. The second kappa shape index (κ2) is 12.6. The second-order valence-electron chi connectivity index (χ2n) is 11.2. The van der Waals surface area contributed by atoms with Gasteiger partial charge in [0.05, 0.1) is 48.4 Å². The summed E-state index contributed by atoms with van der Waals surface area (Å²) in [7, 11) is 0. The number of pyridine rings is 1. The van der Waals surface area contributed by atoms with Crippen molar-refractivity contribution in [2.75, 3.05) is 0 Å². The molecule has 0 spiro atoms. The molecule has 0 saturated heterocycles. The van der Waals surface area contributed by atoms with Crippen LogP contribution in [-0.2, 0) is 4.79 Å². The zero-order chi connectivity index (χ0) is 31.6. The third-order valence-corrected chi connectivity index (χ3v) is 7.80. The summed E-state index contributed by atoms with van der Waals surface area (Å²) in [5.74, 6) is -5.03. The molecule has 2 amide bonds. The largest absolute Gasteiger partial charge is 0.433 e. The molecule has 16 heteroatoms. The fourth-order valence-corrected chi connectivity index (χ4v) is 5.40. The van der Waals surface area contributed by atoms with E-state index >= 15 is 0 Å². The van der Waals surface area contributed by atoms with Crippen LogP contribution >= 0.6 is 0 Å². The van der Waals surface area contributed by atoms with Crippen LogP contribution < -0.4 is 15.4 Å². The van der Waals surface area contributed by atoms with Crippen LogP contribution in [0.15, 0.2) is 36.9 Å². The van der Waals surface area contributed by atoms with E-state index in [9.17, 15) is 40.3 Å². The van der Waals surface area contributed by atoms with Gasteiger partial charge in [-0.15, -0.1) is 0 Å². The fourth-order valence-electron chi connectivity index (χ4n) is 5.40. The molecule has 44 heavy (non-hydrogen) atoms. The van der Waals surface area contributed by atoms with Gasteiger partial charge in [-0.05, 0) is 55.2 Å². The van der Waals surface area contributed by atoms with Gasteiger partial charge < -0.3 is 15.4 Å². The quantitative estimate of drug-likeness (QED) is 0.254. The maximum atomic E-state index is 14.0. The maximum absolute atomic E-state index is 14.0. The Morgan fingerprint density at radius 3 is 2.36 bits per heavy atom. The van der Waals surface area contributed by atoms with Gasteiger partial charge in [-0.25, -0.2) is 18.3 Å². The normalized spacial score (nSPS) is 18.6. The van der Waals surface area contributed by atoms with Crippen LogP contribution in [0.4, 0.5) is 30.7 Å². The van der Waals surface area contributed by atoms with Crippen LogP contribution in [-0.4, -0.2) is 50.1 Å². The number of imidazole rings is 1. The van der Waals surface area contributed by atoms with Crippen molar-refractivity contribution in [3.05, 3.63) is 53.7 Å². The molecule has 2 aliphatic rings. The Labute approximate surface area is 246 Å². The molecule has 5 rings (SSSR count). The summed E-state index contributed by atoms with van der Waals surface area (Å²) in [5.41, 5.74) is 1.06. The van der Waals surface area contributed by atoms with Gasteiger partial charge in [0.25, 0.3) is 5.91 Å². The molecule has 1 unspecified atom stereocenters. The first-order valence-corrected chi connectivity index (χ1v) is 14.1. The van der Waals surface area contributed by atoms with Crippen molar-refractivity contribution in [1.82, 2.24) is 30.2 Å². The summed E-state index contributed by atoms with van der Waals surface area (Å²) in [5, 5.41) is 9.81. The van der Waals surface area contributed by atoms with Crippen molar-refractivity contribution in [2.45, 2.75) is 82.2 Å². The number of hydrogen-bond donors (Lipinski definition) is 2. The number of hydrogen-bond acceptors (Lipinski definition) is 6. The van der Waals surface area contributed by atoms with Gasteiger partial charge in [0, 0.05) is 25.5 Å². The Morgan fingerprint density at radius 1 is 1.00 bits per heavy atom. The number of rotatable bonds is 11. The number of ether oxygens (including phenoxy) is 1. The lowest BCUT2D eigenvalue weighted by atomic mass is 9.81. The molecule has 2 aliphatic carbocycles. The van der Waals surface area contributed by atoms with Crippen molar-refractivity contribution in [3.8, 4) is 5.75 Å². The molecule has 2 fully saturated rings. The third kappa shape index (κ3) is 8.14. The van der Waals surface area contributed by atoms with Gasteiger partial charge in [-0.2, -0.15) is 27.1 Å². The first kappa shape index (κ1) is 31.4. The fraction of sp³-hybridized carbons (Fsp3) is 0.536. The van der Waals surface area contributed by atoms with E-state index in [0.29, 0.717) is 16.9 Å². The first-order valence-electron chi connectivity index (χ1n) is 14.1. The average Bonchev–Trinajstić information content (AvgIpc) is 3.71. The zero-order valence-corrected chi connectivity index (χ0v) is 23.2. The van der Waals surface area contributed by atoms with E-state index in [1.54, 1.807) is 6.07 Å². The van der Waals surface area contributed by atoms with E-state index in [0.717, 1.165) is 31.3 Å². The Balaban J connectivity index is 1.39. The van der Waals surface area contributed by atoms with Crippen LogP contribution in [0.2, 0.25) is 0 Å². The molecular weight excluding hydrogens is 601 g/mol. The minimum atomic E-state index is -4.46. The van der Waals surface area contributed by atoms with Crippen molar-refractivity contribution in [1.29, 1.82) is 0 Å².